The van der Waals surface area contributed by atoms with E-state index in [0.717, 1.165) is 24.4 Å². The van der Waals surface area contributed by atoms with Gasteiger partial charge in [0.15, 0.2) is 11.6 Å². The largest absolute Gasteiger partial charge is 0.494 e. The van der Waals surface area contributed by atoms with E-state index in [4.69, 9.17) is 10.5 Å². The first kappa shape index (κ1) is 14.5. The number of hydrogen-bond acceptors (Lipinski definition) is 4. The summed E-state index contributed by atoms with van der Waals surface area (Å²) in [5, 5.41) is 4.17. The summed E-state index contributed by atoms with van der Waals surface area (Å²) in [4.78, 5) is 4.23. The van der Waals surface area contributed by atoms with Crippen LogP contribution in [0.5, 0.6) is 5.75 Å². The minimum Gasteiger partial charge on any atom is -0.494 e. The lowest BCUT2D eigenvalue weighted by atomic mass is 10.0. The van der Waals surface area contributed by atoms with Crippen molar-refractivity contribution in [2.45, 2.75) is 32.4 Å². The standard InChI is InChI=1S/C14H19FN4O/c1-3-6-19-14(17-9-18-19)8-12(16)10-4-5-11(15)13(7-10)20-2/h4-5,7,9,12H,3,6,8,16H2,1-2H3. The van der Waals surface area contributed by atoms with Crippen LogP contribution in [0.1, 0.15) is 30.8 Å². The van der Waals surface area contributed by atoms with Gasteiger partial charge in [0.2, 0.25) is 0 Å². The van der Waals surface area contributed by atoms with Gasteiger partial charge in [-0.15, -0.1) is 0 Å². The molecule has 2 rings (SSSR count). The molecule has 0 amide bonds. The number of rotatable bonds is 6. The number of aromatic nitrogens is 3. The molecule has 0 spiro atoms. The lowest BCUT2D eigenvalue weighted by Gasteiger charge is -2.13. The fourth-order valence-corrected chi connectivity index (χ4v) is 2.07. The van der Waals surface area contributed by atoms with E-state index in [9.17, 15) is 4.39 Å². The average molecular weight is 278 g/mol. The first-order valence-corrected chi connectivity index (χ1v) is 6.61. The highest BCUT2D eigenvalue weighted by atomic mass is 19.1. The van der Waals surface area contributed by atoms with Crippen molar-refractivity contribution < 1.29 is 9.13 Å². The lowest BCUT2D eigenvalue weighted by Crippen LogP contribution is -2.17. The van der Waals surface area contributed by atoms with Gasteiger partial charge >= 0.3 is 0 Å². The summed E-state index contributed by atoms with van der Waals surface area (Å²) in [6.45, 7) is 2.89. The first-order valence-electron chi connectivity index (χ1n) is 6.61. The van der Waals surface area contributed by atoms with E-state index in [-0.39, 0.29) is 11.8 Å². The van der Waals surface area contributed by atoms with E-state index in [0.29, 0.717) is 6.42 Å². The van der Waals surface area contributed by atoms with Crippen LogP contribution in [0.2, 0.25) is 0 Å². The molecule has 0 saturated carbocycles. The van der Waals surface area contributed by atoms with Crippen LogP contribution >= 0.6 is 0 Å². The van der Waals surface area contributed by atoms with Crippen LogP contribution in [0.3, 0.4) is 0 Å². The second-order valence-corrected chi connectivity index (χ2v) is 4.60. The van der Waals surface area contributed by atoms with Gasteiger partial charge in [-0.25, -0.2) is 9.37 Å². The van der Waals surface area contributed by atoms with Crippen LogP contribution in [0.25, 0.3) is 0 Å². The molecule has 1 aromatic heterocycles. The normalized spacial score (nSPS) is 12.4. The first-order chi connectivity index (χ1) is 9.65. The highest BCUT2D eigenvalue weighted by Crippen LogP contribution is 2.23. The van der Waals surface area contributed by atoms with Crippen LogP contribution in [-0.2, 0) is 13.0 Å². The Morgan fingerprint density at radius 1 is 1.45 bits per heavy atom. The molecule has 1 aromatic carbocycles. The van der Waals surface area contributed by atoms with Crippen molar-refractivity contribution in [3.05, 3.63) is 41.7 Å². The van der Waals surface area contributed by atoms with Gasteiger partial charge in [0, 0.05) is 19.0 Å². The van der Waals surface area contributed by atoms with Gasteiger partial charge in [-0.1, -0.05) is 13.0 Å². The molecule has 0 fully saturated rings. The molecular formula is C14H19FN4O. The summed E-state index contributed by atoms with van der Waals surface area (Å²) >= 11 is 0. The molecule has 20 heavy (non-hydrogen) atoms. The van der Waals surface area contributed by atoms with E-state index in [1.807, 2.05) is 4.68 Å². The fraction of sp³-hybridized carbons (Fsp3) is 0.429. The number of aryl methyl sites for hydroxylation is 1. The van der Waals surface area contributed by atoms with Crippen LogP contribution < -0.4 is 10.5 Å². The molecule has 1 unspecified atom stereocenters. The molecule has 2 N–H and O–H groups in total. The van der Waals surface area contributed by atoms with Gasteiger partial charge in [0.05, 0.1) is 7.11 Å². The summed E-state index contributed by atoms with van der Waals surface area (Å²) in [7, 11) is 1.44. The molecule has 0 aliphatic carbocycles. The number of benzene rings is 1. The second-order valence-electron chi connectivity index (χ2n) is 4.60. The number of methoxy groups -OCH3 is 1. The third-order valence-corrected chi connectivity index (χ3v) is 3.14. The number of nitrogens with two attached hydrogens (primary N) is 1. The van der Waals surface area contributed by atoms with Crippen molar-refractivity contribution in [3.8, 4) is 5.75 Å². The number of halogens is 1. The number of hydrogen-bond donors (Lipinski definition) is 1. The molecule has 1 atom stereocenters. The highest BCUT2D eigenvalue weighted by molar-refractivity contribution is 5.32. The Kier molecular flexibility index (Phi) is 4.68. The Labute approximate surface area is 117 Å². The van der Waals surface area contributed by atoms with Crippen molar-refractivity contribution in [1.29, 1.82) is 0 Å². The Morgan fingerprint density at radius 2 is 2.25 bits per heavy atom. The summed E-state index contributed by atoms with van der Waals surface area (Å²) in [6.07, 6.45) is 3.06. The van der Waals surface area contributed by atoms with E-state index in [1.165, 1.54) is 19.5 Å². The van der Waals surface area contributed by atoms with Crippen LogP contribution in [0, 0.1) is 5.82 Å². The maximum absolute atomic E-state index is 13.4. The zero-order chi connectivity index (χ0) is 14.5. The lowest BCUT2D eigenvalue weighted by molar-refractivity contribution is 0.385. The minimum absolute atomic E-state index is 0.202. The van der Waals surface area contributed by atoms with Crippen LogP contribution in [0.15, 0.2) is 24.5 Å². The third-order valence-electron chi connectivity index (χ3n) is 3.14. The van der Waals surface area contributed by atoms with Gasteiger partial charge in [-0.3, -0.25) is 4.68 Å². The Hall–Kier alpha value is -1.95. The fourth-order valence-electron chi connectivity index (χ4n) is 2.07. The van der Waals surface area contributed by atoms with E-state index >= 15 is 0 Å². The van der Waals surface area contributed by atoms with Crippen molar-refractivity contribution in [2.75, 3.05) is 7.11 Å². The summed E-state index contributed by atoms with van der Waals surface area (Å²) < 4.78 is 20.2. The molecule has 1 heterocycles. The quantitative estimate of drug-likeness (QED) is 0.878. The van der Waals surface area contributed by atoms with Gasteiger partial charge in [0.1, 0.15) is 12.2 Å². The van der Waals surface area contributed by atoms with Crippen LogP contribution in [-0.4, -0.2) is 21.9 Å². The Balaban J connectivity index is 2.15. The summed E-state index contributed by atoms with van der Waals surface area (Å²) in [6, 6.07) is 4.39. The van der Waals surface area contributed by atoms with Gasteiger partial charge in [0.25, 0.3) is 0 Å². The molecule has 0 saturated heterocycles. The van der Waals surface area contributed by atoms with Gasteiger partial charge in [-0.05, 0) is 24.1 Å². The summed E-state index contributed by atoms with van der Waals surface area (Å²) in [5.74, 6) is 0.646. The van der Waals surface area contributed by atoms with E-state index < -0.39 is 5.82 Å². The SMILES string of the molecule is CCCn1ncnc1CC(N)c1ccc(F)c(OC)c1. The molecule has 5 nitrogen and oxygen atoms in total. The molecule has 0 aliphatic rings. The Bertz CT molecular complexity index is 570. The topological polar surface area (TPSA) is 66.0 Å². The smallest absolute Gasteiger partial charge is 0.165 e. The number of nitrogens with zero attached hydrogens (tertiary/aromatic N) is 3. The minimum atomic E-state index is -0.391. The molecule has 108 valence electrons. The van der Waals surface area contributed by atoms with Crippen molar-refractivity contribution in [3.63, 3.8) is 0 Å². The van der Waals surface area contributed by atoms with Gasteiger partial charge in [-0.2, -0.15) is 5.10 Å². The third kappa shape index (κ3) is 3.14. The average Bonchev–Trinajstić information content (AvgIpc) is 2.87. The second kappa shape index (κ2) is 6.47. The molecule has 0 radical (unpaired) electrons. The monoisotopic (exact) mass is 278 g/mol. The predicted octanol–water partition coefficient (Wildman–Crippen LogP) is 2.08. The predicted molar refractivity (Wildman–Crippen MR) is 73.9 cm³/mol. The molecular weight excluding hydrogens is 259 g/mol. The van der Waals surface area contributed by atoms with Crippen molar-refractivity contribution >= 4 is 0 Å². The number of ether oxygens (including phenoxy) is 1. The summed E-state index contributed by atoms with van der Waals surface area (Å²) in [5.41, 5.74) is 6.98. The highest BCUT2D eigenvalue weighted by Gasteiger charge is 2.14. The van der Waals surface area contributed by atoms with Crippen LogP contribution in [0.4, 0.5) is 4.39 Å². The molecule has 2 aromatic rings. The van der Waals surface area contributed by atoms with E-state index in [2.05, 4.69) is 17.0 Å². The van der Waals surface area contributed by atoms with Gasteiger partial charge < -0.3 is 10.5 Å². The zero-order valence-electron chi connectivity index (χ0n) is 11.7. The molecule has 0 bridgehead atoms. The zero-order valence-corrected chi connectivity index (χ0v) is 11.7. The van der Waals surface area contributed by atoms with E-state index in [1.54, 1.807) is 12.1 Å². The maximum Gasteiger partial charge on any atom is 0.165 e. The molecule has 6 heteroatoms. The maximum atomic E-state index is 13.4. The van der Waals surface area contributed by atoms with Crippen molar-refractivity contribution in [2.24, 2.45) is 5.73 Å². The van der Waals surface area contributed by atoms with Crippen molar-refractivity contribution in [1.82, 2.24) is 14.8 Å². The molecule has 0 aliphatic heterocycles. The Morgan fingerprint density at radius 3 is 2.95 bits per heavy atom.